The highest BCUT2D eigenvalue weighted by Gasteiger charge is 2.36. The third kappa shape index (κ3) is 3.48. The van der Waals surface area contributed by atoms with Crippen molar-refractivity contribution in [2.24, 2.45) is 5.92 Å². The average Bonchev–Trinajstić information content (AvgIpc) is 2.66. The molecule has 3 heteroatoms. The molecule has 1 rings (SSSR count). The van der Waals surface area contributed by atoms with E-state index in [9.17, 15) is 4.79 Å². The predicted molar refractivity (Wildman–Crippen MR) is 67.3 cm³/mol. The van der Waals surface area contributed by atoms with Crippen molar-refractivity contribution in [2.75, 3.05) is 6.54 Å². The molecule has 3 atom stereocenters. The first kappa shape index (κ1) is 13.5. The van der Waals surface area contributed by atoms with Gasteiger partial charge in [-0.2, -0.15) is 0 Å². The average molecular weight is 226 g/mol. The van der Waals surface area contributed by atoms with Gasteiger partial charge in [0.05, 0.1) is 5.54 Å². The largest absolute Gasteiger partial charge is 0.352 e. The zero-order chi connectivity index (χ0) is 12.2. The van der Waals surface area contributed by atoms with Gasteiger partial charge in [0.15, 0.2) is 0 Å². The first-order valence-corrected chi connectivity index (χ1v) is 6.54. The summed E-state index contributed by atoms with van der Waals surface area (Å²) in [6, 6.07) is 0.279. The van der Waals surface area contributed by atoms with E-state index in [1.807, 2.05) is 6.92 Å². The Morgan fingerprint density at radius 2 is 2.19 bits per heavy atom. The van der Waals surface area contributed by atoms with Gasteiger partial charge in [0.25, 0.3) is 0 Å². The molecule has 0 bridgehead atoms. The summed E-state index contributed by atoms with van der Waals surface area (Å²) in [4.78, 5) is 12.1. The highest BCUT2D eigenvalue weighted by molar-refractivity contribution is 5.86. The summed E-state index contributed by atoms with van der Waals surface area (Å²) in [5.74, 6) is 0.848. The van der Waals surface area contributed by atoms with E-state index in [0.717, 1.165) is 25.8 Å². The van der Waals surface area contributed by atoms with Crippen LogP contribution in [-0.4, -0.2) is 24.0 Å². The van der Waals surface area contributed by atoms with E-state index in [2.05, 4.69) is 31.4 Å². The zero-order valence-electron chi connectivity index (χ0n) is 11.1. The molecule has 0 aromatic carbocycles. The first-order chi connectivity index (χ1) is 7.48. The molecule has 1 aliphatic heterocycles. The van der Waals surface area contributed by atoms with E-state index in [1.54, 1.807) is 0 Å². The minimum Gasteiger partial charge on any atom is -0.352 e. The van der Waals surface area contributed by atoms with Crippen molar-refractivity contribution in [3.05, 3.63) is 0 Å². The summed E-state index contributed by atoms with van der Waals surface area (Å²) in [6.45, 7) is 9.49. The molecule has 16 heavy (non-hydrogen) atoms. The summed E-state index contributed by atoms with van der Waals surface area (Å²) < 4.78 is 0. The van der Waals surface area contributed by atoms with Crippen molar-refractivity contribution in [2.45, 2.75) is 65.0 Å². The number of rotatable bonds is 5. The second-order valence-corrected chi connectivity index (χ2v) is 5.49. The van der Waals surface area contributed by atoms with E-state index < -0.39 is 0 Å². The van der Waals surface area contributed by atoms with Crippen LogP contribution >= 0.6 is 0 Å². The second kappa shape index (κ2) is 5.67. The maximum Gasteiger partial charge on any atom is 0.240 e. The molecule has 1 amide bonds. The molecule has 0 aromatic heterocycles. The van der Waals surface area contributed by atoms with Crippen LogP contribution in [0.1, 0.15) is 53.4 Å². The molecule has 0 aromatic rings. The molecule has 3 unspecified atom stereocenters. The highest BCUT2D eigenvalue weighted by atomic mass is 16.2. The minimum absolute atomic E-state index is 0.167. The quantitative estimate of drug-likeness (QED) is 0.753. The zero-order valence-corrected chi connectivity index (χ0v) is 11.1. The summed E-state index contributed by atoms with van der Waals surface area (Å²) in [7, 11) is 0. The van der Waals surface area contributed by atoms with Gasteiger partial charge >= 0.3 is 0 Å². The minimum atomic E-state index is -0.330. The summed E-state index contributed by atoms with van der Waals surface area (Å²) in [5.41, 5.74) is -0.330. The summed E-state index contributed by atoms with van der Waals surface area (Å²) in [6.07, 6.45) is 4.30. The molecule has 1 saturated heterocycles. The molecular weight excluding hydrogens is 200 g/mol. The van der Waals surface area contributed by atoms with Crippen LogP contribution in [0, 0.1) is 5.92 Å². The third-order valence-electron chi connectivity index (χ3n) is 3.70. The lowest BCUT2D eigenvalue weighted by molar-refractivity contribution is -0.127. The van der Waals surface area contributed by atoms with E-state index in [-0.39, 0.29) is 17.5 Å². The van der Waals surface area contributed by atoms with Crippen LogP contribution in [-0.2, 0) is 4.79 Å². The van der Waals surface area contributed by atoms with Crippen molar-refractivity contribution in [3.8, 4) is 0 Å². The number of hydrogen-bond acceptors (Lipinski definition) is 2. The van der Waals surface area contributed by atoms with E-state index in [1.165, 1.54) is 6.42 Å². The van der Waals surface area contributed by atoms with Gasteiger partial charge in [-0.15, -0.1) is 0 Å². The Hall–Kier alpha value is -0.570. The van der Waals surface area contributed by atoms with Crippen molar-refractivity contribution < 1.29 is 4.79 Å². The lowest BCUT2D eigenvalue weighted by atomic mass is 9.96. The van der Waals surface area contributed by atoms with Crippen LogP contribution in [0.25, 0.3) is 0 Å². The van der Waals surface area contributed by atoms with Crippen LogP contribution in [0.2, 0.25) is 0 Å². The fraction of sp³-hybridized carbons (Fsp3) is 0.923. The van der Waals surface area contributed by atoms with E-state index >= 15 is 0 Å². The SMILES string of the molecule is CCC(C)CC(C)NC(=O)C1(C)CCCN1. The van der Waals surface area contributed by atoms with E-state index in [4.69, 9.17) is 0 Å². The monoisotopic (exact) mass is 226 g/mol. The van der Waals surface area contributed by atoms with Crippen LogP contribution in [0.15, 0.2) is 0 Å². The summed E-state index contributed by atoms with van der Waals surface area (Å²) in [5, 5.41) is 6.42. The van der Waals surface area contributed by atoms with Crippen LogP contribution < -0.4 is 10.6 Å². The maximum absolute atomic E-state index is 12.1. The Kier molecular flexibility index (Phi) is 4.78. The smallest absolute Gasteiger partial charge is 0.240 e. The van der Waals surface area contributed by atoms with Gasteiger partial charge in [0, 0.05) is 6.04 Å². The second-order valence-electron chi connectivity index (χ2n) is 5.49. The highest BCUT2D eigenvalue weighted by Crippen LogP contribution is 2.19. The van der Waals surface area contributed by atoms with E-state index in [0.29, 0.717) is 5.92 Å². The molecule has 1 fully saturated rings. The molecule has 0 radical (unpaired) electrons. The molecular formula is C13H26N2O. The van der Waals surface area contributed by atoms with Gasteiger partial charge in [-0.25, -0.2) is 0 Å². The number of amides is 1. The van der Waals surface area contributed by atoms with Crippen LogP contribution in [0.3, 0.4) is 0 Å². The van der Waals surface area contributed by atoms with Gasteiger partial charge in [-0.1, -0.05) is 20.3 Å². The summed E-state index contributed by atoms with van der Waals surface area (Å²) >= 11 is 0. The van der Waals surface area contributed by atoms with Gasteiger partial charge in [0.1, 0.15) is 0 Å². The molecule has 1 heterocycles. The van der Waals surface area contributed by atoms with Gasteiger partial charge in [0.2, 0.25) is 5.91 Å². The van der Waals surface area contributed by atoms with Crippen LogP contribution in [0.5, 0.6) is 0 Å². The lowest BCUT2D eigenvalue weighted by Crippen LogP contribution is -2.53. The number of carbonyl (C=O) groups excluding carboxylic acids is 1. The third-order valence-corrected chi connectivity index (χ3v) is 3.70. The molecule has 3 nitrogen and oxygen atoms in total. The maximum atomic E-state index is 12.1. The Balaban J connectivity index is 2.38. The molecule has 94 valence electrons. The fourth-order valence-corrected chi connectivity index (χ4v) is 2.30. The van der Waals surface area contributed by atoms with Crippen LogP contribution in [0.4, 0.5) is 0 Å². The molecule has 2 N–H and O–H groups in total. The normalized spacial score (nSPS) is 28.8. The fourth-order valence-electron chi connectivity index (χ4n) is 2.30. The Morgan fingerprint density at radius 1 is 1.50 bits per heavy atom. The predicted octanol–water partition coefficient (Wildman–Crippen LogP) is 2.07. The molecule has 1 aliphatic rings. The van der Waals surface area contributed by atoms with Gasteiger partial charge in [-0.05, 0) is 45.6 Å². The lowest BCUT2D eigenvalue weighted by Gasteiger charge is -2.26. The molecule has 0 spiro atoms. The Labute approximate surface area is 99.4 Å². The standard InChI is InChI=1S/C13H26N2O/c1-5-10(2)9-11(3)15-12(16)13(4)7-6-8-14-13/h10-11,14H,5-9H2,1-4H3,(H,15,16). The Bertz CT molecular complexity index is 234. The topological polar surface area (TPSA) is 41.1 Å². The van der Waals surface area contributed by atoms with Crippen molar-refractivity contribution in [3.63, 3.8) is 0 Å². The molecule has 0 saturated carbocycles. The van der Waals surface area contributed by atoms with Crippen molar-refractivity contribution in [1.82, 2.24) is 10.6 Å². The van der Waals surface area contributed by atoms with Gasteiger partial charge < -0.3 is 10.6 Å². The Morgan fingerprint density at radius 3 is 2.69 bits per heavy atom. The number of carbonyl (C=O) groups is 1. The number of nitrogens with one attached hydrogen (secondary N) is 2. The first-order valence-electron chi connectivity index (χ1n) is 6.54. The van der Waals surface area contributed by atoms with Crippen molar-refractivity contribution in [1.29, 1.82) is 0 Å². The van der Waals surface area contributed by atoms with Crippen molar-refractivity contribution >= 4 is 5.91 Å². The number of hydrogen-bond donors (Lipinski definition) is 2. The molecule has 0 aliphatic carbocycles. The van der Waals surface area contributed by atoms with Gasteiger partial charge in [-0.3, -0.25) is 4.79 Å².